The van der Waals surface area contributed by atoms with Crippen LogP contribution in [0.4, 0.5) is 24.5 Å². The van der Waals surface area contributed by atoms with Crippen LogP contribution in [0.3, 0.4) is 0 Å². The molecule has 220 valence electrons. The molecule has 3 aromatic carbocycles. The van der Waals surface area contributed by atoms with Gasteiger partial charge in [0, 0.05) is 22.0 Å². The van der Waals surface area contributed by atoms with Crippen molar-refractivity contribution in [1.82, 2.24) is 4.98 Å². The topological polar surface area (TPSA) is 109 Å². The Hall–Kier alpha value is -4.36. The number of nitrogens with one attached hydrogen (secondary N) is 2. The van der Waals surface area contributed by atoms with E-state index >= 15 is 0 Å². The lowest BCUT2D eigenvalue weighted by Crippen LogP contribution is -2.33. The zero-order valence-corrected chi connectivity index (χ0v) is 23.9. The van der Waals surface area contributed by atoms with E-state index in [-0.39, 0.29) is 12.4 Å². The molecule has 3 unspecified atom stereocenters. The molecule has 8 nitrogen and oxygen atoms in total. The zero-order valence-electron chi connectivity index (χ0n) is 22.3. The Morgan fingerprint density at radius 1 is 1.00 bits per heavy atom. The van der Waals surface area contributed by atoms with E-state index in [4.69, 9.17) is 4.74 Å². The van der Waals surface area contributed by atoms with Gasteiger partial charge in [0.2, 0.25) is 11.8 Å². The highest BCUT2D eigenvalue weighted by Crippen LogP contribution is 2.55. The number of thioether (sulfide) groups is 1. The maximum atomic E-state index is 14.0. The van der Waals surface area contributed by atoms with Crippen molar-refractivity contribution in [2.24, 2.45) is 5.92 Å². The van der Waals surface area contributed by atoms with Crippen LogP contribution in [-0.4, -0.2) is 34.6 Å². The number of hydrogen-bond donors (Lipinski definition) is 2. The number of halogens is 3. The van der Waals surface area contributed by atoms with E-state index in [1.54, 1.807) is 42.5 Å². The van der Waals surface area contributed by atoms with Crippen LogP contribution in [0.2, 0.25) is 0 Å². The predicted octanol–water partition coefficient (Wildman–Crippen LogP) is 5.58. The molecule has 2 aliphatic rings. The number of hydrogen-bond acceptors (Lipinski definition) is 7. The van der Waals surface area contributed by atoms with Crippen LogP contribution >= 0.6 is 23.1 Å². The minimum Gasteiger partial charge on any atom is -0.483 e. The second-order valence-corrected chi connectivity index (χ2v) is 12.2. The van der Waals surface area contributed by atoms with Crippen molar-refractivity contribution < 1.29 is 32.3 Å². The number of carbonyl (C=O) groups excluding carboxylic acids is 3. The summed E-state index contributed by atoms with van der Waals surface area (Å²) in [6, 6.07) is 18.3. The molecule has 0 radical (unpaired) electrons. The molecular weight excluding hydrogens is 603 g/mol. The lowest BCUT2D eigenvalue weighted by molar-refractivity contribution is -0.137. The smallest absolute Gasteiger partial charge is 0.418 e. The summed E-state index contributed by atoms with van der Waals surface area (Å²) in [7, 11) is 0. The fourth-order valence-corrected chi connectivity index (χ4v) is 7.94. The summed E-state index contributed by atoms with van der Waals surface area (Å²) < 4.78 is 47.6. The maximum absolute atomic E-state index is 14.0. The van der Waals surface area contributed by atoms with Gasteiger partial charge >= 0.3 is 11.0 Å². The van der Waals surface area contributed by atoms with Crippen molar-refractivity contribution in [2.75, 3.05) is 16.8 Å². The molecule has 0 saturated carbocycles. The van der Waals surface area contributed by atoms with Crippen LogP contribution in [0.25, 0.3) is 0 Å². The third-order valence-corrected chi connectivity index (χ3v) is 9.59. The van der Waals surface area contributed by atoms with Crippen molar-refractivity contribution in [3.8, 4) is 5.75 Å². The summed E-state index contributed by atoms with van der Waals surface area (Å²) in [4.78, 5) is 56.1. The molecule has 1 fully saturated rings. The summed E-state index contributed by atoms with van der Waals surface area (Å²) in [5.41, 5.74) is 0.309. The molecule has 1 saturated heterocycles. The van der Waals surface area contributed by atoms with E-state index in [1.165, 1.54) is 12.1 Å². The number of aromatic nitrogens is 1. The molecule has 0 aliphatic carbocycles. The van der Waals surface area contributed by atoms with Gasteiger partial charge in [-0.25, -0.2) is 4.90 Å². The van der Waals surface area contributed by atoms with Crippen molar-refractivity contribution in [3.05, 3.63) is 104 Å². The van der Waals surface area contributed by atoms with Gasteiger partial charge in [-0.3, -0.25) is 19.2 Å². The molecule has 3 atom stereocenters. The Morgan fingerprint density at radius 2 is 1.74 bits per heavy atom. The first-order valence-electron chi connectivity index (χ1n) is 13.0. The van der Waals surface area contributed by atoms with Gasteiger partial charge in [-0.05, 0) is 42.8 Å². The average Bonchev–Trinajstić information content (AvgIpc) is 3.45. The van der Waals surface area contributed by atoms with E-state index < -0.39 is 57.1 Å². The van der Waals surface area contributed by atoms with Crippen LogP contribution in [0.15, 0.2) is 82.6 Å². The van der Waals surface area contributed by atoms with Crippen molar-refractivity contribution in [1.29, 1.82) is 0 Å². The number of nitrogens with zero attached hydrogens (tertiary/aromatic N) is 1. The van der Waals surface area contributed by atoms with Gasteiger partial charge in [-0.2, -0.15) is 13.2 Å². The average molecular weight is 626 g/mol. The molecule has 1 aromatic heterocycles. The van der Waals surface area contributed by atoms with Gasteiger partial charge in [0.05, 0.1) is 22.2 Å². The third kappa shape index (κ3) is 5.34. The second-order valence-electron chi connectivity index (χ2n) is 10.0. The van der Waals surface area contributed by atoms with Crippen LogP contribution in [0.1, 0.15) is 27.5 Å². The summed E-state index contributed by atoms with van der Waals surface area (Å²) in [5, 5.41) is 2.01. The number of aromatic amines is 1. The molecule has 0 spiro atoms. The Labute approximate surface area is 250 Å². The lowest BCUT2D eigenvalue weighted by Gasteiger charge is -2.30. The van der Waals surface area contributed by atoms with E-state index in [0.29, 0.717) is 26.1 Å². The van der Waals surface area contributed by atoms with Crippen molar-refractivity contribution in [2.45, 2.75) is 29.3 Å². The Kier molecular flexibility index (Phi) is 7.38. The largest absolute Gasteiger partial charge is 0.483 e. The number of benzene rings is 3. The summed E-state index contributed by atoms with van der Waals surface area (Å²) >= 11 is 1.81. The monoisotopic (exact) mass is 625 g/mol. The van der Waals surface area contributed by atoms with Crippen LogP contribution in [0, 0.1) is 12.8 Å². The number of amides is 3. The van der Waals surface area contributed by atoms with Gasteiger partial charge in [-0.1, -0.05) is 65.6 Å². The fourth-order valence-electron chi connectivity index (χ4n) is 5.43. The standard InChI is InChI=1S/C30H22F3N3O5S2/c1-15-7-6-8-16(13-15)34-21(37)14-41-20-12-5-2-9-17(20)22-23-25(42-26-24(22)43-29(40)35-26)28(39)36(27(23)38)19-11-4-3-10-18(19)30(31,32)33/h2-13,22-23,25H,14H2,1H3,(H,34,37)(H,35,40). The number of thiazole rings is 1. The summed E-state index contributed by atoms with van der Waals surface area (Å²) in [6.07, 6.45) is -4.80. The molecule has 13 heteroatoms. The van der Waals surface area contributed by atoms with Gasteiger partial charge < -0.3 is 15.0 Å². The number of H-pyrrole nitrogens is 1. The van der Waals surface area contributed by atoms with Gasteiger partial charge in [-0.15, -0.1) is 0 Å². The number of imide groups is 1. The number of carbonyl (C=O) groups is 3. The van der Waals surface area contributed by atoms with Crippen molar-refractivity contribution >= 4 is 52.2 Å². The number of anilines is 2. The van der Waals surface area contributed by atoms with E-state index in [9.17, 15) is 32.3 Å². The molecular formula is C30H22F3N3O5S2. The molecule has 6 rings (SSSR count). The summed E-state index contributed by atoms with van der Waals surface area (Å²) in [6.45, 7) is 1.51. The molecule has 0 bridgehead atoms. The van der Waals surface area contributed by atoms with Gasteiger partial charge in [0.15, 0.2) is 6.61 Å². The highest BCUT2D eigenvalue weighted by molar-refractivity contribution is 8.00. The first-order chi connectivity index (χ1) is 20.5. The minimum atomic E-state index is -4.80. The first-order valence-corrected chi connectivity index (χ1v) is 14.7. The molecule has 43 heavy (non-hydrogen) atoms. The highest BCUT2D eigenvalue weighted by Gasteiger charge is 2.57. The Morgan fingerprint density at radius 3 is 2.51 bits per heavy atom. The van der Waals surface area contributed by atoms with Crippen LogP contribution in [-0.2, 0) is 20.6 Å². The lowest BCUT2D eigenvalue weighted by atomic mass is 9.82. The highest BCUT2D eigenvalue weighted by atomic mass is 32.2. The van der Waals surface area contributed by atoms with Crippen LogP contribution < -0.4 is 19.8 Å². The molecule has 3 amide bonds. The second kappa shape index (κ2) is 11.0. The molecule has 3 heterocycles. The quantitative estimate of drug-likeness (QED) is 0.271. The maximum Gasteiger partial charge on any atom is 0.418 e. The van der Waals surface area contributed by atoms with Crippen molar-refractivity contribution in [3.63, 3.8) is 0 Å². The molecule has 4 aromatic rings. The van der Waals surface area contributed by atoms with Gasteiger partial charge in [0.1, 0.15) is 11.0 Å². The molecule has 2 aliphatic heterocycles. The van der Waals surface area contributed by atoms with Gasteiger partial charge in [0.25, 0.3) is 5.91 Å². The summed E-state index contributed by atoms with van der Waals surface area (Å²) in [5.74, 6) is -3.87. The number of ether oxygens (including phenoxy) is 1. The number of rotatable bonds is 6. The Balaban J connectivity index is 1.36. The van der Waals surface area contributed by atoms with E-state index in [0.717, 1.165) is 40.8 Å². The SMILES string of the molecule is Cc1cccc(NC(=O)COc2ccccc2C2c3sc(=O)[nH]c3SC3C(=O)N(c4ccccc4C(F)(F)F)C(=O)C32)c1. The zero-order chi connectivity index (χ0) is 30.5. The number of fused-ring (bicyclic) bond motifs is 2. The predicted molar refractivity (Wildman–Crippen MR) is 156 cm³/mol. The third-order valence-electron chi connectivity index (χ3n) is 7.19. The van der Waals surface area contributed by atoms with E-state index in [2.05, 4.69) is 10.3 Å². The Bertz CT molecular complexity index is 1820. The number of alkyl halides is 3. The fraction of sp³-hybridized carbons (Fsp3) is 0.200. The van der Waals surface area contributed by atoms with Crippen LogP contribution in [0.5, 0.6) is 5.75 Å². The minimum absolute atomic E-state index is 0.235. The van der Waals surface area contributed by atoms with E-state index in [1.807, 2.05) is 13.0 Å². The normalized spacial score (nSPS) is 19.6. The first kappa shape index (κ1) is 28.7. The number of para-hydroxylation sites is 2. The number of aryl methyl sites for hydroxylation is 1. The molecule has 2 N–H and O–H groups in total.